The van der Waals surface area contributed by atoms with Gasteiger partial charge in [0.05, 0.1) is 12.2 Å². The largest absolute Gasteiger partial charge is 0.464 e. The van der Waals surface area contributed by atoms with Crippen molar-refractivity contribution in [2.45, 2.75) is 44.3 Å². The molecule has 5 heteroatoms. The fourth-order valence-corrected chi connectivity index (χ4v) is 4.08. The van der Waals surface area contributed by atoms with Crippen molar-refractivity contribution < 1.29 is 19.4 Å². The van der Waals surface area contributed by atoms with Crippen LogP contribution < -0.4 is 0 Å². The molecule has 0 radical (unpaired) electrons. The van der Waals surface area contributed by atoms with Gasteiger partial charge in [0, 0.05) is 12.5 Å². The molecule has 2 saturated heterocycles. The minimum absolute atomic E-state index is 0.0131. The van der Waals surface area contributed by atoms with E-state index >= 15 is 0 Å². The van der Waals surface area contributed by atoms with E-state index < -0.39 is 12.1 Å². The Morgan fingerprint density at radius 2 is 2.28 bits per heavy atom. The molecular weight excluding hydrogens is 252 g/mol. The lowest BCUT2D eigenvalue weighted by Gasteiger charge is -2.44. The number of ether oxygens (including phenoxy) is 2. The van der Waals surface area contributed by atoms with Crippen LogP contribution in [0.15, 0.2) is 0 Å². The van der Waals surface area contributed by atoms with E-state index in [4.69, 9.17) is 9.47 Å². The number of aliphatic hydroxyl groups is 1. The molecule has 2 atom stereocenters. The highest BCUT2D eigenvalue weighted by Gasteiger charge is 2.42. The second-order valence-electron chi connectivity index (χ2n) is 5.09. The van der Waals surface area contributed by atoms with Gasteiger partial charge in [-0.25, -0.2) is 4.79 Å². The fourth-order valence-electron chi connectivity index (χ4n) is 2.85. The van der Waals surface area contributed by atoms with Gasteiger partial charge in [0.15, 0.2) is 6.10 Å². The first-order valence-electron chi connectivity index (χ1n) is 6.73. The second kappa shape index (κ2) is 6.26. The average molecular weight is 274 g/mol. The summed E-state index contributed by atoms with van der Waals surface area (Å²) in [6.45, 7) is 2.72. The second-order valence-corrected chi connectivity index (χ2v) is 6.32. The van der Waals surface area contributed by atoms with E-state index in [0.717, 1.165) is 37.2 Å². The highest BCUT2D eigenvalue weighted by atomic mass is 32.2. The number of hydrogen-bond donors (Lipinski definition) is 1. The van der Waals surface area contributed by atoms with Crippen molar-refractivity contribution in [2.75, 3.05) is 24.7 Å². The van der Waals surface area contributed by atoms with Crippen molar-refractivity contribution in [1.29, 1.82) is 0 Å². The Morgan fingerprint density at radius 3 is 2.94 bits per heavy atom. The zero-order chi connectivity index (χ0) is 13.0. The third kappa shape index (κ3) is 3.19. The summed E-state index contributed by atoms with van der Waals surface area (Å²) in [6, 6.07) is 0. The standard InChI is InChI=1S/C13H22O4S/c1-2-16-12(15)11(14)10-3-6-17-13(9-10)4-7-18-8-5-13/h10-11,14H,2-9H2,1H3. The zero-order valence-corrected chi connectivity index (χ0v) is 11.7. The first kappa shape index (κ1) is 14.2. The van der Waals surface area contributed by atoms with Crippen LogP contribution in [-0.2, 0) is 14.3 Å². The minimum atomic E-state index is -0.986. The molecule has 4 nitrogen and oxygen atoms in total. The van der Waals surface area contributed by atoms with Gasteiger partial charge >= 0.3 is 5.97 Å². The monoisotopic (exact) mass is 274 g/mol. The summed E-state index contributed by atoms with van der Waals surface area (Å²) < 4.78 is 10.8. The molecule has 2 aliphatic rings. The normalized spacial score (nSPS) is 28.9. The molecular formula is C13H22O4S. The molecule has 2 fully saturated rings. The van der Waals surface area contributed by atoms with E-state index in [0.29, 0.717) is 13.2 Å². The molecule has 0 aromatic rings. The van der Waals surface area contributed by atoms with E-state index in [-0.39, 0.29) is 11.5 Å². The summed E-state index contributed by atoms with van der Waals surface area (Å²) in [7, 11) is 0. The lowest BCUT2D eigenvalue weighted by atomic mass is 9.79. The molecule has 18 heavy (non-hydrogen) atoms. The van der Waals surface area contributed by atoms with E-state index in [1.54, 1.807) is 6.92 Å². The molecule has 104 valence electrons. The summed E-state index contributed by atoms with van der Waals surface area (Å²) in [5.74, 6) is 1.73. The molecule has 2 aliphatic heterocycles. The summed E-state index contributed by atoms with van der Waals surface area (Å²) >= 11 is 1.95. The molecule has 0 aromatic heterocycles. The van der Waals surface area contributed by atoms with E-state index in [1.165, 1.54) is 0 Å². The summed E-state index contributed by atoms with van der Waals surface area (Å²) in [4.78, 5) is 11.6. The SMILES string of the molecule is CCOC(=O)C(O)C1CCOC2(CCSCC2)C1. The Morgan fingerprint density at radius 1 is 1.56 bits per heavy atom. The Kier molecular flexibility index (Phi) is 4.92. The van der Waals surface area contributed by atoms with Crippen molar-refractivity contribution in [2.24, 2.45) is 5.92 Å². The summed E-state index contributed by atoms with van der Waals surface area (Å²) in [5, 5.41) is 10.1. The predicted octanol–water partition coefficient (Wildman–Crippen LogP) is 1.60. The molecule has 2 heterocycles. The van der Waals surface area contributed by atoms with Gasteiger partial charge < -0.3 is 14.6 Å². The summed E-state index contributed by atoms with van der Waals surface area (Å²) in [5.41, 5.74) is -0.0956. The number of carbonyl (C=O) groups excluding carboxylic acids is 1. The maximum absolute atomic E-state index is 11.6. The minimum Gasteiger partial charge on any atom is -0.464 e. The Labute approximate surface area is 112 Å². The van der Waals surface area contributed by atoms with Crippen LogP contribution in [0.25, 0.3) is 0 Å². The lowest BCUT2D eigenvalue weighted by molar-refractivity contribution is -0.165. The Balaban J connectivity index is 1.95. The van der Waals surface area contributed by atoms with Crippen molar-refractivity contribution in [3.63, 3.8) is 0 Å². The number of esters is 1. The van der Waals surface area contributed by atoms with Crippen LogP contribution >= 0.6 is 11.8 Å². The molecule has 0 aliphatic carbocycles. The highest BCUT2D eigenvalue weighted by Crippen LogP contribution is 2.40. The molecule has 1 spiro atoms. The van der Waals surface area contributed by atoms with Crippen molar-refractivity contribution >= 4 is 17.7 Å². The highest BCUT2D eigenvalue weighted by molar-refractivity contribution is 7.99. The van der Waals surface area contributed by atoms with Gasteiger partial charge in [0.2, 0.25) is 0 Å². The van der Waals surface area contributed by atoms with E-state index in [1.807, 2.05) is 11.8 Å². The van der Waals surface area contributed by atoms with Crippen LogP contribution in [0.3, 0.4) is 0 Å². The van der Waals surface area contributed by atoms with Gasteiger partial charge in [-0.2, -0.15) is 11.8 Å². The van der Waals surface area contributed by atoms with Crippen LogP contribution in [0, 0.1) is 5.92 Å². The van der Waals surface area contributed by atoms with Crippen molar-refractivity contribution in [3.8, 4) is 0 Å². The van der Waals surface area contributed by atoms with E-state index in [9.17, 15) is 9.90 Å². The third-order valence-electron chi connectivity index (χ3n) is 3.91. The summed E-state index contributed by atoms with van der Waals surface area (Å²) in [6.07, 6.45) is 2.61. The Bertz CT molecular complexity index is 283. The number of thioether (sulfide) groups is 1. The molecule has 0 amide bonds. The quantitative estimate of drug-likeness (QED) is 0.792. The van der Waals surface area contributed by atoms with Crippen molar-refractivity contribution in [3.05, 3.63) is 0 Å². The fraction of sp³-hybridized carbons (Fsp3) is 0.923. The predicted molar refractivity (Wildman–Crippen MR) is 70.6 cm³/mol. The molecule has 2 rings (SSSR count). The molecule has 0 bridgehead atoms. The van der Waals surface area contributed by atoms with Gasteiger partial charge in [-0.3, -0.25) is 0 Å². The van der Waals surface area contributed by atoms with Gasteiger partial charge in [-0.15, -0.1) is 0 Å². The average Bonchev–Trinajstić information content (AvgIpc) is 2.39. The maximum atomic E-state index is 11.6. The van der Waals surface area contributed by atoms with Gasteiger partial charge in [0.1, 0.15) is 0 Å². The molecule has 1 N–H and O–H groups in total. The van der Waals surface area contributed by atoms with E-state index in [2.05, 4.69) is 0 Å². The molecule has 0 saturated carbocycles. The van der Waals surface area contributed by atoms with Gasteiger partial charge in [0.25, 0.3) is 0 Å². The maximum Gasteiger partial charge on any atom is 0.335 e. The van der Waals surface area contributed by atoms with Crippen LogP contribution in [0.5, 0.6) is 0 Å². The first-order valence-corrected chi connectivity index (χ1v) is 7.89. The number of aliphatic hydroxyl groups excluding tert-OH is 1. The topological polar surface area (TPSA) is 55.8 Å². The smallest absolute Gasteiger partial charge is 0.335 e. The number of carbonyl (C=O) groups is 1. The first-order chi connectivity index (χ1) is 8.67. The number of rotatable bonds is 3. The Hall–Kier alpha value is -0.260. The third-order valence-corrected chi connectivity index (χ3v) is 4.90. The van der Waals surface area contributed by atoms with Crippen LogP contribution in [0.1, 0.15) is 32.6 Å². The van der Waals surface area contributed by atoms with Crippen LogP contribution in [0.4, 0.5) is 0 Å². The zero-order valence-electron chi connectivity index (χ0n) is 10.9. The van der Waals surface area contributed by atoms with Gasteiger partial charge in [-0.05, 0) is 44.1 Å². The lowest BCUT2D eigenvalue weighted by Crippen LogP contribution is -2.47. The molecule has 0 aromatic carbocycles. The van der Waals surface area contributed by atoms with Crippen molar-refractivity contribution in [1.82, 2.24) is 0 Å². The molecule has 2 unspecified atom stereocenters. The van der Waals surface area contributed by atoms with Crippen LogP contribution in [-0.4, -0.2) is 47.5 Å². The number of hydrogen-bond acceptors (Lipinski definition) is 5. The van der Waals surface area contributed by atoms with Gasteiger partial charge in [-0.1, -0.05) is 0 Å². The van der Waals surface area contributed by atoms with Crippen LogP contribution in [0.2, 0.25) is 0 Å².